The van der Waals surface area contributed by atoms with Crippen molar-refractivity contribution < 1.29 is 39.3 Å². The lowest BCUT2D eigenvalue weighted by atomic mass is 10.1. The van der Waals surface area contributed by atoms with E-state index in [1.165, 1.54) is 13.8 Å². The molecule has 0 aromatic rings. The third-order valence-electron chi connectivity index (χ3n) is 3.62. The molecule has 0 radical (unpaired) electrons. The molecule has 5 atom stereocenters. The van der Waals surface area contributed by atoms with E-state index in [4.69, 9.17) is 16.6 Å². The molecule has 0 heterocycles. The van der Waals surface area contributed by atoms with Crippen LogP contribution in [0, 0.1) is 0 Å². The van der Waals surface area contributed by atoms with Crippen LogP contribution in [0.15, 0.2) is 0 Å². The topological polar surface area (TPSA) is 234 Å². The number of nitrogens with one attached hydrogen (secondary N) is 3. The van der Waals surface area contributed by atoms with Crippen molar-refractivity contribution >= 4 is 29.6 Å². The van der Waals surface area contributed by atoms with Crippen molar-refractivity contribution in [1.29, 1.82) is 0 Å². The summed E-state index contributed by atoms with van der Waals surface area (Å²) in [5, 5.41) is 34.4. The van der Waals surface area contributed by atoms with Gasteiger partial charge in [-0.3, -0.25) is 19.2 Å². The van der Waals surface area contributed by atoms with E-state index in [1.54, 1.807) is 0 Å². The molecule has 4 amide bonds. The van der Waals surface area contributed by atoms with Gasteiger partial charge in [0.25, 0.3) is 0 Å². The predicted molar refractivity (Wildman–Crippen MR) is 94.3 cm³/mol. The lowest BCUT2D eigenvalue weighted by Gasteiger charge is -2.23. The molecule has 0 saturated carbocycles. The van der Waals surface area contributed by atoms with Crippen LogP contribution in [0.4, 0.5) is 0 Å². The van der Waals surface area contributed by atoms with Gasteiger partial charge in [-0.25, -0.2) is 4.79 Å². The van der Waals surface area contributed by atoms with E-state index in [-0.39, 0.29) is 12.8 Å². The smallest absolute Gasteiger partial charge is 0.326 e. The lowest BCUT2D eigenvalue weighted by Crippen LogP contribution is -2.57. The van der Waals surface area contributed by atoms with Gasteiger partial charge in [0.15, 0.2) is 0 Å². The summed E-state index contributed by atoms with van der Waals surface area (Å²) in [5.74, 6) is -4.86. The van der Waals surface area contributed by atoms with Gasteiger partial charge < -0.3 is 42.7 Å². The maximum absolute atomic E-state index is 12.2. The Labute approximate surface area is 160 Å². The van der Waals surface area contributed by atoms with Crippen LogP contribution in [0.2, 0.25) is 0 Å². The molecule has 5 unspecified atom stereocenters. The molecule has 0 aliphatic carbocycles. The monoisotopic (exact) mass is 405 g/mol. The van der Waals surface area contributed by atoms with Crippen molar-refractivity contribution in [3.8, 4) is 0 Å². The van der Waals surface area contributed by atoms with E-state index in [2.05, 4.69) is 16.0 Å². The number of aliphatic hydroxyl groups is 2. The van der Waals surface area contributed by atoms with Crippen LogP contribution in [0.25, 0.3) is 0 Å². The average Bonchev–Trinajstić information content (AvgIpc) is 2.59. The molecule has 0 bridgehead atoms. The standard InChI is InChI=1S/C15H27N5O8/c1-6(21)11(17)13(25)18-5-10(24)20-12(7(2)22)14(26)19-8(15(27)28)3-4-9(16)23/h6-8,11-12,21-22H,3-5,17H2,1-2H3,(H2,16,23)(H,18,25)(H,19,26)(H,20,24)(H,27,28). The second kappa shape index (κ2) is 11.8. The Balaban J connectivity index is 4.85. The highest BCUT2D eigenvalue weighted by molar-refractivity contribution is 5.93. The Morgan fingerprint density at radius 2 is 1.54 bits per heavy atom. The number of nitrogens with two attached hydrogens (primary N) is 2. The van der Waals surface area contributed by atoms with Crippen LogP contribution in [0.1, 0.15) is 26.7 Å². The fourth-order valence-corrected chi connectivity index (χ4v) is 1.94. The first-order valence-electron chi connectivity index (χ1n) is 8.37. The largest absolute Gasteiger partial charge is 0.480 e. The quantitative estimate of drug-likeness (QED) is 0.156. The highest BCUT2D eigenvalue weighted by Crippen LogP contribution is 2.01. The van der Waals surface area contributed by atoms with E-state index in [0.717, 1.165) is 0 Å². The summed E-state index contributed by atoms with van der Waals surface area (Å²) in [7, 11) is 0. The minimum Gasteiger partial charge on any atom is -0.480 e. The van der Waals surface area contributed by atoms with Gasteiger partial charge in [0.05, 0.1) is 18.8 Å². The second-order valence-electron chi connectivity index (χ2n) is 6.17. The van der Waals surface area contributed by atoms with Crippen LogP contribution < -0.4 is 27.4 Å². The summed E-state index contributed by atoms with van der Waals surface area (Å²) in [6.45, 7) is 1.88. The number of carbonyl (C=O) groups is 5. The van der Waals surface area contributed by atoms with Crippen molar-refractivity contribution in [2.24, 2.45) is 11.5 Å². The minimum absolute atomic E-state index is 0.274. The van der Waals surface area contributed by atoms with E-state index in [0.29, 0.717) is 0 Å². The van der Waals surface area contributed by atoms with Gasteiger partial charge in [-0.2, -0.15) is 0 Å². The summed E-state index contributed by atoms with van der Waals surface area (Å²) in [5.41, 5.74) is 10.3. The molecule has 0 spiro atoms. The number of carboxylic acid groups (broad SMARTS) is 1. The van der Waals surface area contributed by atoms with Crippen LogP contribution in [0.5, 0.6) is 0 Å². The van der Waals surface area contributed by atoms with Crippen molar-refractivity contribution in [3.05, 3.63) is 0 Å². The Morgan fingerprint density at radius 3 is 1.96 bits per heavy atom. The zero-order valence-corrected chi connectivity index (χ0v) is 15.5. The van der Waals surface area contributed by atoms with Crippen molar-refractivity contribution in [1.82, 2.24) is 16.0 Å². The molecule has 0 aliphatic heterocycles. The number of hydrogen-bond donors (Lipinski definition) is 8. The summed E-state index contributed by atoms with van der Waals surface area (Å²) < 4.78 is 0. The first-order chi connectivity index (χ1) is 12.9. The Hall–Kier alpha value is -2.77. The molecule has 28 heavy (non-hydrogen) atoms. The van der Waals surface area contributed by atoms with Gasteiger partial charge in [-0.15, -0.1) is 0 Å². The molecule has 0 aromatic heterocycles. The molecule has 0 aromatic carbocycles. The Kier molecular flexibility index (Phi) is 10.7. The van der Waals surface area contributed by atoms with Crippen molar-refractivity contribution in [2.75, 3.05) is 6.54 Å². The average molecular weight is 405 g/mol. The first kappa shape index (κ1) is 25.2. The maximum atomic E-state index is 12.2. The van der Waals surface area contributed by atoms with Crippen LogP contribution >= 0.6 is 0 Å². The molecule has 13 heteroatoms. The first-order valence-corrected chi connectivity index (χ1v) is 8.37. The molecule has 13 nitrogen and oxygen atoms in total. The zero-order valence-electron chi connectivity index (χ0n) is 15.5. The molecule has 0 aliphatic rings. The number of aliphatic hydroxyl groups excluding tert-OH is 2. The molecule has 0 rings (SSSR count). The molecular formula is C15H27N5O8. The van der Waals surface area contributed by atoms with Gasteiger partial charge in [0, 0.05) is 6.42 Å². The van der Waals surface area contributed by atoms with E-state index < -0.39 is 66.5 Å². The lowest BCUT2D eigenvalue weighted by molar-refractivity contribution is -0.143. The van der Waals surface area contributed by atoms with Gasteiger partial charge in [0.2, 0.25) is 23.6 Å². The van der Waals surface area contributed by atoms with Gasteiger partial charge >= 0.3 is 5.97 Å². The summed E-state index contributed by atoms with van der Waals surface area (Å²) in [4.78, 5) is 57.6. The summed E-state index contributed by atoms with van der Waals surface area (Å²) in [6.07, 6.45) is -3.11. The van der Waals surface area contributed by atoms with Gasteiger partial charge in [-0.1, -0.05) is 0 Å². The molecule has 10 N–H and O–H groups in total. The van der Waals surface area contributed by atoms with Crippen molar-refractivity contribution in [2.45, 2.75) is 57.0 Å². The number of rotatable bonds is 12. The van der Waals surface area contributed by atoms with Crippen LogP contribution in [0.3, 0.4) is 0 Å². The maximum Gasteiger partial charge on any atom is 0.326 e. The fraction of sp³-hybridized carbons (Fsp3) is 0.667. The number of carboxylic acids is 1. The number of aliphatic carboxylic acids is 1. The number of carbonyl (C=O) groups excluding carboxylic acids is 4. The third kappa shape index (κ3) is 9.25. The molecule has 0 saturated heterocycles. The predicted octanol–water partition coefficient (Wildman–Crippen LogP) is -4.49. The third-order valence-corrected chi connectivity index (χ3v) is 3.62. The highest BCUT2D eigenvalue weighted by atomic mass is 16.4. The normalized spacial score (nSPS) is 16.0. The fourth-order valence-electron chi connectivity index (χ4n) is 1.94. The minimum atomic E-state index is -1.52. The Morgan fingerprint density at radius 1 is 0.964 bits per heavy atom. The number of amides is 4. The van der Waals surface area contributed by atoms with Gasteiger partial charge in [-0.05, 0) is 20.3 Å². The SMILES string of the molecule is CC(O)C(N)C(=O)NCC(=O)NC(C(=O)NC(CCC(N)=O)C(=O)O)C(C)O. The highest BCUT2D eigenvalue weighted by Gasteiger charge is 2.30. The summed E-state index contributed by atoms with van der Waals surface area (Å²) in [6, 6.07) is -4.24. The zero-order chi connectivity index (χ0) is 22.0. The summed E-state index contributed by atoms with van der Waals surface area (Å²) >= 11 is 0. The number of primary amides is 1. The second-order valence-corrected chi connectivity index (χ2v) is 6.17. The molecule has 0 fully saturated rings. The van der Waals surface area contributed by atoms with E-state index in [1.807, 2.05) is 0 Å². The van der Waals surface area contributed by atoms with E-state index in [9.17, 15) is 34.2 Å². The van der Waals surface area contributed by atoms with E-state index >= 15 is 0 Å². The molecular weight excluding hydrogens is 378 g/mol. The van der Waals surface area contributed by atoms with Crippen LogP contribution in [-0.2, 0) is 24.0 Å². The van der Waals surface area contributed by atoms with Gasteiger partial charge in [0.1, 0.15) is 18.1 Å². The van der Waals surface area contributed by atoms with Crippen LogP contribution in [-0.4, -0.2) is 81.8 Å². The molecule has 160 valence electrons. The van der Waals surface area contributed by atoms with Crippen molar-refractivity contribution in [3.63, 3.8) is 0 Å². The number of hydrogen-bond acceptors (Lipinski definition) is 8. The Bertz CT molecular complexity index is 595.